The molecule has 3 rings (SSSR count). The van der Waals surface area contributed by atoms with Gasteiger partial charge in [0.15, 0.2) is 11.0 Å². The SMILES string of the molecule is COc1ccc(NC(=O)CSc2nnc(CNC(=O)c3ccccc3OC)n2C)cc1. The largest absolute Gasteiger partial charge is 0.497 e. The van der Waals surface area contributed by atoms with E-state index >= 15 is 0 Å². The second-order valence-corrected chi connectivity index (χ2v) is 7.35. The molecule has 0 spiro atoms. The summed E-state index contributed by atoms with van der Waals surface area (Å²) < 4.78 is 12.1. The monoisotopic (exact) mass is 441 g/mol. The average molecular weight is 442 g/mol. The number of amides is 2. The van der Waals surface area contributed by atoms with Crippen molar-refractivity contribution in [2.75, 3.05) is 25.3 Å². The summed E-state index contributed by atoms with van der Waals surface area (Å²) in [6.45, 7) is 0.193. The summed E-state index contributed by atoms with van der Waals surface area (Å²) in [7, 11) is 4.89. The van der Waals surface area contributed by atoms with Crippen LogP contribution in [0.4, 0.5) is 5.69 Å². The summed E-state index contributed by atoms with van der Waals surface area (Å²) in [5, 5.41) is 14.4. The molecule has 31 heavy (non-hydrogen) atoms. The number of thioether (sulfide) groups is 1. The van der Waals surface area contributed by atoms with Crippen LogP contribution in [0.1, 0.15) is 16.2 Å². The molecule has 1 aromatic heterocycles. The predicted octanol–water partition coefficient (Wildman–Crippen LogP) is 2.49. The van der Waals surface area contributed by atoms with Gasteiger partial charge in [0.2, 0.25) is 5.91 Å². The fourth-order valence-corrected chi connectivity index (χ4v) is 3.44. The highest BCUT2D eigenvalue weighted by atomic mass is 32.2. The zero-order chi connectivity index (χ0) is 22.2. The third-order valence-corrected chi connectivity index (χ3v) is 5.41. The summed E-state index contributed by atoms with van der Waals surface area (Å²) in [4.78, 5) is 24.6. The summed E-state index contributed by atoms with van der Waals surface area (Å²) in [5.74, 6) is 1.53. The molecule has 0 radical (unpaired) electrons. The van der Waals surface area contributed by atoms with Crippen molar-refractivity contribution in [3.05, 3.63) is 59.9 Å². The number of hydrogen-bond donors (Lipinski definition) is 2. The van der Waals surface area contributed by atoms with Gasteiger partial charge in [-0.3, -0.25) is 9.59 Å². The van der Waals surface area contributed by atoms with E-state index in [2.05, 4.69) is 20.8 Å². The first-order valence-corrected chi connectivity index (χ1v) is 10.4. The Morgan fingerprint density at radius 3 is 2.48 bits per heavy atom. The smallest absolute Gasteiger partial charge is 0.255 e. The molecular formula is C21H23N5O4S. The Bertz CT molecular complexity index is 1050. The third-order valence-electron chi connectivity index (χ3n) is 4.39. The van der Waals surface area contributed by atoms with Crippen molar-refractivity contribution in [3.63, 3.8) is 0 Å². The van der Waals surface area contributed by atoms with Gasteiger partial charge in [0, 0.05) is 12.7 Å². The van der Waals surface area contributed by atoms with Crippen molar-refractivity contribution in [1.82, 2.24) is 20.1 Å². The van der Waals surface area contributed by atoms with Crippen LogP contribution in [-0.4, -0.2) is 46.6 Å². The van der Waals surface area contributed by atoms with Crippen molar-refractivity contribution in [1.29, 1.82) is 0 Å². The van der Waals surface area contributed by atoms with E-state index in [0.29, 0.717) is 28.0 Å². The summed E-state index contributed by atoms with van der Waals surface area (Å²) in [6, 6.07) is 14.1. The number of rotatable bonds is 9. The molecule has 0 unspecified atom stereocenters. The normalized spacial score (nSPS) is 10.4. The van der Waals surface area contributed by atoms with E-state index in [1.165, 1.54) is 18.9 Å². The molecule has 0 atom stereocenters. The summed E-state index contributed by atoms with van der Waals surface area (Å²) in [6.07, 6.45) is 0. The molecule has 0 fully saturated rings. The molecule has 0 aliphatic heterocycles. The number of nitrogens with one attached hydrogen (secondary N) is 2. The van der Waals surface area contributed by atoms with E-state index in [-0.39, 0.29) is 24.1 Å². The first kappa shape index (κ1) is 22.2. The molecule has 2 amide bonds. The molecule has 3 aromatic rings. The van der Waals surface area contributed by atoms with Crippen LogP contribution in [-0.2, 0) is 18.4 Å². The molecule has 162 valence electrons. The van der Waals surface area contributed by atoms with Gasteiger partial charge in [-0.1, -0.05) is 23.9 Å². The van der Waals surface area contributed by atoms with Crippen LogP contribution in [0.15, 0.2) is 53.7 Å². The van der Waals surface area contributed by atoms with Crippen LogP contribution in [0.2, 0.25) is 0 Å². The minimum atomic E-state index is -0.270. The predicted molar refractivity (Wildman–Crippen MR) is 118 cm³/mol. The van der Waals surface area contributed by atoms with Crippen molar-refractivity contribution < 1.29 is 19.1 Å². The number of hydrogen-bond acceptors (Lipinski definition) is 7. The standard InChI is InChI=1S/C21H23N5O4S/c1-26-18(12-22-20(28)16-6-4-5-7-17(16)30-3)24-25-21(26)31-13-19(27)23-14-8-10-15(29-2)11-9-14/h4-11H,12-13H2,1-3H3,(H,22,28)(H,23,27). The molecule has 0 aliphatic rings. The fourth-order valence-electron chi connectivity index (χ4n) is 2.71. The molecule has 0 bridgehead atoms. The Morgan fingerprint density at radius 2 is 1.77 bits per heavy atom. The second-order valence-electron chi connectivity index (χ2n) is 6.41. The lowest BCUT2D eigenvalue weighted by Crippen LogP contribution is -2.25. The van der Waals surface area contributed by atoms with Crippen LogP contribution in [0.3, 0.4) is 0 Å². The zero-order valence-corrected chi connectivity index (χ0v) is 18.2. The average Bonchev–Trinajstić information content (AvgIpc) is 3.15. The number of benzene rings is 2. The molecule has 0 saturated heterocycles. The van der Waals surface area contributed by atoms with E-state index in [1.807, 2.05) is 0 Å². The summed E-state index contributed by atoms with van der Waals surface area (Å²) >= 11 is 1.26. The number of para-hydroxylation sites is 1. The van der Waals surface area contributed by atoms with Gasteiger partial charge in [0.25, 0.3) is 5.91 Å². The van der Waals surface area contributed by atoms with Crippen molar-refractivity contribution in [3.8, 4) is 11.5 Å². The lowest BCUT2D eigenvalue weighted by atomic mass is 10.2. The lowest BCUT2D eigenvalue weighted by Gasteiger charge is -2.09. The highest BCUT2D eigenvalue weighted by molar-refractivity contribution is 7.99. The molecule has 2 N–H and O–H groups in total. The minimum Gasteiger partial charge on any atom is -0.497 e. The molecular weight excluding hydrogens is 418 g/mol. The maximum Gasteiger partial charge on any atom is 0.255 e. The highest BCUT2D eigenvalue weighted by Gasteiger charge is 2.15. The number of methoxy groups -OCH3 is 2. The van der Waals surface area contributed by atoms with E-state index in [9.17, 15) is 9.59 Å². The summed E-state index contributed by atoms with van der Waals surface area (Å²) in [5.41, 5.74) is 1.13. The van der Waals surface area contributed by atoms with Gasteiger partial charge in [-0.25, -0.2) is 0 Å². The van der Waals surface area contributed by atoms with Gasteiger partial charge >= 0.3 is 0 Å². The minimum absolute atomic E-state index is 0.163. The Balaban J connectivity index is 1.52. The Hall–Kier alpha value is -3.53. The number of nitrogens with zero attached hydrogens (tertiary/aromatic N) is 3. The van der Waals surface area contributed by atoms with Crippen molar-refractivity contribution in [2.45, 2.75) is 11.7 Å². The number of anilines is 1. The Kier molecular flexibility index (Phi) is 7.50. The van der Waals surface area contributed by atoms with Crippen LogP contribution in [0.25, 0.3) is 0 Å². The van der Waals surface area contributed by atoms with Crippen LogP contribution in [0, 0.1) is 0 Å². The molecule has 0 saturated carbocycles. The topological polar surface area (TPSA) is 107 Å². The lowest BCUT2D eigenvalue weighted by molar-refractivity contribution is -0.113. The molecule has 2 aromatic carbocycles. The van der Waals surface area contributed by atoms with Gasteiger partial charge in [0.1, 0.15) is 11.5 Å². The Morgan fingerprint density at radius 1 is 1.03 bits per heavy atom. The van der Waals surface area contributed by atoms with Crippen molar-refractivity contribution >= 4 is 29.3 Å². The maximum absolute atomic E-state index is 12.4. The number of carbonyl (C=O) groups excluding carboxylic acids is 2. The van der Waals surface area contributed by atoms with Gasteiger partial charge < -0.3 is 24.7 Å². The molecule has 10 heteroatoms. The maximum atomic E-state index is 12.4. The molecule has 0 aliphatic carbocycles. The molecule has 1 heterocycles. The van der Waals surface area contributed by atoms with Gasteiger partial charge in [0.05, 0.1) is 32.1 Å². The molecule has 9 nitrogen and oxygen atoms in total. The fraction of sp³-hybridized carbons (Fsp3) is 0.238. The number of carbonyl (C=O) groups is 2. The number of aromatic nitrogens is 3. The Labute approximate surface area is 184 Å². The highest BCUT2D eigenvalue weighted by Crippen LogP contribution is 2.19. The number of ether oxygens (including phenoxy) is 2. The van der Waals surface area contributed by atoms with Gasteiger partial charge in [-0.05, 0) is 36.4 Å². The van der Waals surface area contributed by atoms with Gasteiger partial charge in [-0.2, -0.15) is 0 Å². The first-order valence-electron chi connectivity index (χ1n) is 9.38. The van der Waals surface area contributed by atoms with Crippen LogP contribution >= 0.6 is 11.8 Å². The third kappa shape index (κ3) is 5.76. The first-order chi connectivity index (χ1) is 15.0. The van der Waals surface area contributed by atoms with Crippen LogP contribution < -0.4 is 20.1 Å². The zero-order valence-electron chi connectivity index (χ0n) is 17.4. The second kappa shape index (κ2) is 10.5. The van der Waals surface area contributed by atoms with E-state index in [4.69, 9.17) is 9.47 Å². The van der Waals surface area contributed by atoms with Gasteiger partial charge in [-0.15, -0.1) is 10.2 Å². The van der Waals surface area contributed by atoms with Crippen LogP contribution in [0.5, 0.6) is 11.5 Å². The quantitative estimate of drug-likeness (QED) is 0.491. The van der Waals surface area contributed by atoms with E-state index < -0.39 is 0 Å². The van der Waals surface area contributed by atoms with Crippen molar-refractivity contribution in [2.24, 2.45) is 7.05 Å². The van der Waals surface area contributed by atoms with E-state index in [1.54, 1.807) is 67.3 Å². The van der Waals surface area contributed by atoms with E-state index in [0.717, 1.165) is 5.75 Å².